The molecule has 0 unspecified atom stereocenters. The van der Waals surface area contributed by atoms with Crippen molar-refractivity contribution in [2.45, 2.75) is 59.3 Å². The molecule has 3 heterocycles. The van der Waals surface area contributed by atoms with Gasteiger partial charge in [-0.2, -0.15) is 0 Å². The Morgan fingerprint density at radius 2 is 0.750 bits per heavy atom. The van der Waals surface area contributed by atoms with Gasteiger partial charge in [0.15, 0.2) is 52.0 Å². The summed E-state index contributed by atoms with van der Waals surface area (Å²) in [5.41, 5.74) is 1.34. The van der Waals surface area contributed by atoms with Crippen LogP contribution < -0.4 is 0 Å². The number of non-ortho nitro benzene ring substituents is 2. The van der Waals surface area contributed by atoms with Crippen LogP contribution in [0.2, 0.25) is 0 Å². The maximum Gasteiger partial charge on any atom is 0.291 e. The van der Waals surface area contributed by atoms with Crippen molar-refractivity contribution in [3.8, 4) is 34.0 Å². The Balaban J connectivity index is 0.000000153. The van der Waals surface area contributed by atoms with E-state index in [1.807, 2.05) is 47.6 Å². The largest absolute Gasteiger partial charge is 0.440 e. The highest BCUT2D eigenvalue weighted by Gasteiger charge is 2.39. The molecule has 0 saturated heterocycles. The van der Waals surface area contributed by atoms with E-state index in [0.29, 0.717) is 40.1 Å². The lowest BCUT2D eigenvalue weighted by atomic mass is 9.90. The third-order valence-corrected chi connectivity index (χ3v) is 9.50. The number of carbonyl (C=O) groups is 6. The number of nitrogens with zero attached hydrogens (tertiary/aromatic N) is 6. The molecule has 22 nitrogen and oxygen atoms in total. The summed E-state index contributed by atoms with van der Waals surface area (Å²) in [5, 5.41) is 35.3. The smallest absolute Gasteiger partial charge is 0.291 e. The van der Waals surface area contributed by atoms with Crippen molar-refractivity contribution in [2.24, 2.45) is 0 Å². The summed E-state index contributed by atoms with van der Waals surface area (Å²) in [5.74, 6) is -2.30. The van der Waals surface area contributed by atoms with E-state index in [9.17, 15) is 49.0 Å². The number of rotatable bonds is 5. The van der Waals surface area contributed by atoms with E-state index in [1.165, 1.54) is 30.3 Å². The van der Waals surface area contributed by atoms with E-state index in [2.05, 4.69) is 15.0 Å². The molecule has 3 aromatic heterocycles. The standard InChI is InChI=1S/2C14H10N2O5.C14H11NO3.HNO3/c1-6(2)14-15-10-12(18)11(17)9-5-7(16(19)20)3-4-8(9)13(10)21-14;1-6(2)14-15-10-12(18)11(17)8-4-3-7(16(19)20)5-9(8)13(10)21-14;1-7(2)14-15-10-12(17)11(16)8-5-3-4-6-9(8)13(10)18-14;2-1(3)4/h2*3-6H,1-2H3;3-7H,1-2H3;(H,2,3,4). The summed E-state index contributed by atoms with van der Waals surface area (Å²) in [4.78, 5) is 113. The molecule has 22 heteroatoms. The third kappa shape index (κ3) is 8.33. The van der Waals surface area contributed by atoms with E-state index < -0.39 is 49.6 Å². The molecule has 9 rings (SSSR count). The van der Waals surface area contributed by atoms with Gasteiger partial charge in [0.05, 0.1) is 9.85 Å². The summed E-state index contributed by atoms with van der Waals surface area (Å²) >= 11 is 0. The van der Waals surface area contributed by atoms with E-state index in [1.54, 1.807) is 18.2 Å². The molecule has 0 fully saturated rings. The summed E-state index contributed by atoms with van der Waals surface area (Å²) in [6.45, 7) is 11.2. The first kappa shape index (κ1) is 44.9. The minimum atomic E-state index is -1.50. The van der Waals surface area contributed by atoms with Gasteiger partial charge in [0, 0.05) is 75.4 Å². The fourth-order valence-electron chi connectivity index (χ4n) is 6.39. The van der Waals surface area contributed by atoms with E-state index >= 15 is 0 Å². The summed E-state index contributed by atoms with van der Waals surface area (Å²) in [6.07, 6.45) is 0. The summed E-state index contributed by atoms with van der Waals surface area (Å²) in [6, 6.07) is 14.4. The van der Waals surface area contributed by atoms with Gasteiger partial charge in [0.25, 0.3) is 33.8 Å². The second-order valence-electron chi connectivity index (χ2n) is 14.9. The minimum absolute atomic E-state index is 0.0202. The molecule has 0 atom stereocenters. The first-order valence-electron chi connectivity index (χ1n) is 18.9. The Bertz CT molecular complexity index is 3000. The molecule has 3 aromatic carbocycles. The van der Waals surface area contributed by atoms with E-state index in [0.717, 1.165) is 6.07 Å². The molecular weight excluding hydrogens is 844 g/mol. The van der Waals surface area contributed by atoms with Crippen LogP contribution in [0.15, 0.2) is 73.9 Å². The zero-order valence-electron chi connectivity index (χ0n) is 34.3. The van der Waals surface area contributed by atoms with Crippen LogP contribution in [-0.4, -0.2) is 69.8 Å². The van der Waals surface area contributed by atoms with E-state index in [-0.39, 0.29) is 74.4 Å². The Morgan fingerprint density at radius 3 is 1.12 bits per heavy atom. The highest BCUT2D eigenvalue weighted by molar-refractivity contribution is 6.53. The van der Waals surface area contributed by atoms with Crippen LogP contribution in [0.25, 0.3) is 34.0 Å². The Morgan fingerprint density at radius 1 is 0.453 bits per heavy atom. The van der Waals surface area contributed by atoms with Crippen molar-refractivity contribution in [1.29, 1.82) is 0 Å². The minimum Gasteiger partial charge on any atom is -0.440 e. The lowest BCUT2D eigenvalue weighted by molar-refractivity contribution is -0.742. The van der Waals surface area contributed by atoms with Gasteiger partial charge in [0.2, 0.25) is 17.3 Å². The molecule has 0 radical (unpaired) electrons. The highest BCUT2D eigenvalue weighted by Crippen LogP contribution is 2.39. The van der Waals surface area contributed by atoms with Crippen LogP contribution in [0.5, 0.6) is 0 Å². The highest BCUT2D eigenvalue weighted by atomic mass is 16.9. The number of benzene rings is 3. The lowest BCUT2D eigenvalue weighted by Gasteiger charge is -2.11. The van der Waals surface area contributed by atoms with Crippen LogP contribution in [0.4, 0.5) is 11.4 Å². The Labute approximate surface area is 358 Å². The van der Waals surface area contributed by atoms with Crippen LogP contribution >= 0.6 is 0 Å². The number of nitro groups is 2. The van der Waals surface area contributed by atoms with Gasteiger partial charge in [-0.05, 0) is 12.1 Å². The van der Waals surface area contributed by atoms with Crippen molar-refractivity contribution in [3.05, 3.63) is 142 Å². The number of nitro benzene ring substituents is 2. The van der Waals surface area contributed by atoms with Gasteiger partial charge in [-0.3, -0.25) is 49.0 Å². The topological polar surface area (TPSA) is 330 Å². The number of aromatic nitrogens is 3. The number of carbonyl (C=O) groups excluding carboxylic acids is 6. The van der Waals surface area contributed by atoms with E-state index in [4.69, 9.17) is 28.6 Å². The molecule has 3 aliphatic rings. The summed E-state index contributed by atoms with van der Waals surface area (Å²) in [7, 11) is 0. The zero-order chi connectivity index (χ0) is 47.1. The fraction of sp³-hybridized carbons (Fsp3) is 0.214. The normalized spacial score (nSPS) is 13.0. The molecule has 0 spiro atoms. The number of hydrogen-bond donors (Lipinski definition) is 1. The van der Waals surface area contributed by atoms with Crippen molar-refractivity contribution in [3.63, 3.8) is 0 Å². The molecule has 326 valence electrons. The second-order valence-corrected chi connectivity index (χ2v) is 14.9. The maximum absolute atomic E-state index is 12.1. The molecule has 64 heavy (non-hydrogen) atoms. The molecule has 3 aliphatic carbocycles. The monoisotopic (exact) mass is 876 g/mol. The number of ketones is 6. The summed E-state index contributed by atoms with van der Waals surface area (Å²) < 4.78 is 16.7. The third-order valence-electron chi connectivity index (χ3n) is 9.50. The molecule has 0 aliphatic heterocycles. The Kier molecular flexibility index (Phi) is 12.2. The quantitative estimate of drug-likeness (QED) is 0.0973. The van der Waals surface area contributed by atoms with Gasteiger partial charge in [-0.1, -0.05) is 65.8 Å². The lowest BCUT2D eigenvalue weighted by Crippen LogP contribution is -2.21. The van der Waals surface area contributed by atoms with Crippen LogP contribution in [0, 0.1) is 30.3 Å². The first-order chi connectivity index (χ1) is 30.1. The number of fused-ring (bicyclic) bond motifs is 9. The van der Waals surface area contributed by atoms with Gasteiger partial charge in [-0.25, -0.2) is 15.0 Å². The zero-order valence-corrected chi connectivity index (χ0v) is 34.3. The van der Waals surface area contributed by atoms with Crippen molar-refractivity contribution >= 4 is 46.1 Å². The second kappa shape index (κ2) is 17.4. The van der Waals surface area contributed by atoms with Crippen LogP contribution in [-0.2, 0) is 0 Å². The number of Topliss-reactive ketones (excluding diaryl/α,β-unsaturated/α-hetero) is 6. The molecular formula is C42H32N6O16. The molecule has 1 N–H and O–H groups in total. The molecule has 0 amide bonds. The fourth-order valence-corrected chi connectivity index (χ4v) is 6.39. The number of hydrogen-bond acceptors (Lipinski definition) is 18. The van der Waals surface area contributed by atoms with Crippen LogP contribution in [0.1, 0.15) is 140 Å². The van der Waals surface area contributed by atoms with Crippen molar-refractivity contribution in [2.75, 3.05) is 0 Å². The van der Waals surface area contributed by atoms with Gasteiger partial charge in [-0.15, -0.1) is 10.1 Å². The Hall–Kier alpha value is -8.69. The maximum atomic E-state index is 12.1. The molecule has 0 bridgehead atoms. The first-order valence-corrected chi connectivity index (χ1v) is 18.9. The van der Waals surface area contributed by atoms with Gasteiger partial charge < -0.3 is 18.5 Å². The number of oxazole rings is 3. The average molecular weight is 877 g/mol. The van der Waals surface area contributed by atoms with Crippen molar-refractivity contribution < 1.29 is 62.2 Å². The molecule has 0 saturated carbocycles. The van der Waals surface area contributed by atoms with Crippen LogP contribution in [0.3, 0.4) is 0 Å². The van der Waals surface area contributed by atoms with Gasteiger partial charge >= 0.3 is 0 Å². The van der Waals surface area contributed by atoms with Crippen molar-refractivity contribution in [1.82, 2.24) is 15.0 Å². The SMILES string of the molecule is CC(C)c1nc2c(o1)-c1cc([N+](=O)[O-])ccc1C(=O)C2=O.CC(C)c1nc2c(o1)-c1ccc([N+](=O)[O-])cc1C(=O)C2=O.CC(C)c1nc2c(o1)-c1ccccc1C(=O)C2=O.O=[N+]([O-])O. The molecule has 6 aromatic rings. The average Bonchev–Trinajstić information content (AvgIpc) is 4.03. The van der Waals surface area contributed by atoms with Gasteiger partial charge in [0.1, 0.15) is 0 Å². The predicted molar refractivity (Wildman–Crippen MR) is 216 cm³/mol. The predicted octanol–water partition coefficient (Wildman–Crippen LogP) is 8.00.